The first-order valence-electron chi connectivity index (χ1n) is 9.72. The Morgan fingerprint density at radius 2 is 1.77 bits per heavy atom. The summed E-state index contributed by atoms with van der Waals surface area (Å²) in [5, 5.41) is 1.19. The summed E-state index contributed by atoms with van der Waals surface area (Å²) in [6, 6.07) is 19.4. The maximum absolute atomic E-state index is 13.8. The zero-order valence-corrected chi connectivity index (χ0v) is 17.5. The summed E-state index contributed by atoms with van der Waals surface area (Å²) in [6.07, 6.45) is -3.72. The molecule has 2 aromatic carbocycles. The van der Waals surface area contributed by atoms with Crippen molar-refractivity contribution in [3.63, 3.8) is 0 Å². The Bertz CT molecular complexity index is 1170. The Kier molecular flexibility index (Phi) is 6.03. The molecular formula is C24H20ClF3N2O. The normalized spacial score (nSPS) is 12.9. The fraction of sp³-hybridized carbons (Fsp3) is 0.208. The molecule has 0 amide bonds. The summed E-state index contributed by atoms with van der Waals surface area (Å²) >= 11 is 6.25. The van der Waals surface area contributed by atoms with E-state index in [0.29, 0.717) is 38.4 Å². The SMILES string of the molecule is COCn1c(-c2ccccn2)c(C(CC(F)(F)F)c2ccccc2)c2ccc(Cl)cc21. The van der Waals surface area contributed by atoms with Gasteiger partial charge in [0.2, 0.25) is 0 Å². The van der Waals surface area contributed by atoms with E-state index in [1.807, 2.05) is 10.6 Å². The Morgan fingerprint density at radius 3 is 2.42 bits per heavy atom. The Morgan fingerprint density at radius 1 is 1.03 bits per heavy atom. The van der Waals surface area contributed by atoms with Crippen LogP contribution in [-0.2, 0) is 11.5 Å². The second kappa shape index (κ2) is 8.73. The summed E-state index contributed by atoms with van der Waals surface area (Å²) in [4.78, 5) is 4.45. The number of methoxy groups -OCH3 is 1. The maximum Gasteiger partial charge on any atom is 0.390 e. The third-order valence-corrected chi connectivity index (χ3v) is 5.45. The highest BCUT2D eigenvalue weighted by atomic mass is 35.5. The molecule has 0 saturated heterocycles. The highest BCUT2D eigenvalue weighted by Gasteiger charge is 2.37. The van der Waals surface area contributed by atoms with Crippen molar-refractivity contribution >= 4 is 22.5 Å². The molecule has 4 rings (SSSR count). The molecule has 3 nitrogen and oxygen atoms in total. The lowest BCUT2D eigenvalue weighted by Crippen LogP contribution is -2.16. The third kappa shape index (κ3) is 4.45. The van der Waals surface area contributed by atoms with E-state index in [-0.39, 0.29) is 6.73 Å². The van der Waals surface area contributed by atoms with Crippen LogP contribution in [0, 0.1) is 0 Å². The molecule has 0 aliphatic carbocycles. The Labute approximate surface area is 183 Å². The van der Waals surface area contributed by atoms with Crippen LogP contribution in [0.2, 0.25) is 5.02 Å². The minimum absolute atomic E-state index is 0.149. The fourth-order valence-electron chi connectivity index (χ4n) is 4.05. The number of fused-ring (bicyclic) bond motifs is 1. The van der Waals surface area contributed by atoms with Gasteiger partial charge in [0.15, 0.2) is 0 Å². The minimum atomic E-state index is -4.36. The van der Waals surface area contributed by atoms with Gasteiger partial charge in [-0.3, -0.25) is 4.98 Å². The molecule has 1 atom stereocenters. The zero-order chi connectivity index (χ0) is 22.0. The summed E-state index contributed by atoms with van der Waals surface area (Å²) < 4.78 is 48.5. The van der Waals surface area contributed by atoms with Crippen molar-refractivity contribution in [1.29, 1.82) is 0 Å². The van der Waals surface area contributed by atoms with Crippen LogP contribution in [0.1, 0.15) is 23.5 Å². The molecule has 0 N–H and O–H groups in total. The van der Waals surface area contributed by atoms with Crippen LogP contribution in [0.5, 0.6) is 0 Å². The van der Waals surface area contributed by atoms with Crippen LogP contribution < -0.4 is 0 Å². The topological polar surface area (TPSA) is 27.1 Å². The Balaban J connectivity index is 2.09. The van der Waals surface area contributed by atoms with Crippen LogP contribution in [0.4, 0.5) is 13.2 Å². The van der Waals surface area contributed by atoms with E-state index in [9.17, 15) is 13.2 Å². The fourth-order valence-corrected chi connectivity index (χ4v) is 4.21. The lowest BCUT2D eigenvalue weighted by molar-refractivity contribution is -0.136. The smallest absolute Gasteiger partial charge is 0.364 e. The van der Waals surface area contributed by atoms with Gasteiger partial charge < -0.3 is 9.30 Å². The van der Waals surface area contributed by atoms with Gasteiger partial charge in [0.05, 0.1) is 23.3 Å². The van der Waals surface area contributed by atoms with Gasteiger partial charge in [-0.05, 0) is 35.4 Å². The molecule has 0 fully saturated rings. The molecule has 0 bridgehead atoms. The molecule has 0 saturated carbocycles. The molecular weight excluding hydrogens is 425 g/mol. The van der Waals surface area contributed by atoms with Gasteiger partial charge in [-0.2, -0.15) is 13.2 Å². The predicted molar refractivity (Wildman–Crippen MR) is 116 cm³/mol. The van der Waals surface area contributed by atoms with Gasteiger partial charge in [0, 0.05) is 29.6 Å². The third-order valence-electron chi connectivity index (χ3n) is 5.22. The van der Waals surface area contributed by atoms with E-state index >= 15 is 0 Å². The largest absolute Gasteiger partial charge is 0.390 e. The standard InChI is InChI=1S/C24H20ClF3N2O/c1-31-15-30-21-13-17(25)10-11-18(21)22(23(30)20-9-5-6-12-29-20)19(14-24(26,27)28)16-7-3-2-4-8-16/h2-13,19H,14-15H2,1H3. The van der Waals surface area contributed by atoms with Crippen LogP contribution in [0.15, 0.2) is 72.9 Å². The van der Waals surface area contributed by atoms with E-state index in [1.165, 1.54) is 0 Å². The van der Waals surface area contributed by atoms with E-state index in [4.69, 9.17) is 16.3 Å². The predicted octanol–water partition coefficient (Wildman–Crippen LogP) is 7.04. The number of rotatable bonds is 6. The molecule has 0 aliphatic heterocycles. The number of nitrogens with zero attached hydrogens (tertiary/aromatic N) is 2. The number of ether oxygens (including phenoxy) is 1. The lowest BCUT2D eigenvalue weighted by atomic mass is 9.85. The van der Waals surface area contributed by atoms with Gasteiger partial charge in [-0.25, -0.2) is 0 Å². The monoisotopic (exact) mass is 444 g/mol. The number of pyridine rings is 1. The first-order valence-corrected chi connectivity index (χ1v) is 10.1. The van der Waals surface area contributed by atoms with Crippen LogP contribution in [0.25, 0.3) is 22.3 Å². The van der Waals surface area contributed by atoms with Crippen molar-refractivity contribution < 1.29 is 17.9 Å². The van der Waals surface area contributed by atoms with Crippen LogP contribution in [-0.4, -0.2) is 22.8 Å². The Hall–Kier alpha value is -2.83. The average molecular weight is 445 g/mol. The second-order valence-corrected chi connectivity index (χ2v) is 7.70. The van der Waals surface area contributed by atoms with Crippen LogP contribution >= 0.6 is 11.6 Å². The van der Waals surface area contributed by atoms with Gasteiger partial charge >= 0.3 is 6.18 Å². The summed E-state index contributed by atoms with van der Waals surface area (Å²) in [7, 11) is 1.54. The number of halogens is 4. The van der Waals surface area contributed by atoms with Gasteiger partial charge in [-0.15, -0.1) is 0 Å². The first-order chi connectivity index (χ1) is 14.9. The van der Waals surface area contributed by atoms with Crippen molar-refractivity contribution in [2.45, 2.75) is 25.2 Å². The number of alkyl halides is 3. The molecule has 0 spiro atoms. The molecule has 1 unspecified atom stereocenters. The van der Waals surface area contributed by atoms with Crippen molar-refractivity contribution in [3.05, 3.63) is 89.1 Å². The van der Waals surface area contributed by atoms with Gasteiger partial charge in [0.25, 0.3) is 0 Å². The minimum Gasteiger partial charge on any atom is -0.364 e. The van der Waals surface area contributed by atoms with Crippen molar-refractivity contribution in [2.24, 2.45) is 0 Å². The zero-order valence-electron chi connectivity index (χ0n) is 16.7. The van der Waals surface area contributed by atoms with E-state index in [1.54, 1.807) is 74.0 Å². The molecule has 4 aromatic rings. The average Bonchev–Trinajstić information content (AvgIpc) is 3.06. The molecule has 0 radical (unpaired) electrons. The maximum atomic E-state index is 13.8. The number of hydrogen-bond donors (Lipinski definition) is 0. The lowest BCUT2D eigenvalue weighted by Gasteiger charge is -2.21. The highest BCUT2D eigenvalue weighted by Crippen LogP contribution is 2.45. The quantitative estimate of drug-likeness (QED) is 0.319. The number of aromatic nitrogens is 2. The molecule has 7 heteroatoms. The van der Waals surface area contributed by atoms with Crippen molar-refractivity contribution in [2.75, 3.05) is 7.11 Å². The summed E-state index contributed by atoms with van der Waals surface area (Å²) in [5.41, 5.74) is 3.02. The highest BCUT2D eigenvalue weighted by molar-refractivity contribution is 6.31. The second-order valence-electron chi connectivity index (χ2n) is 7.27. The van der Waals surface area contributed by atoms with E-state index in [0.717, 1.165) is 0 Å². The molecule has 31 heavy (non-hydrogen) atoms. The molecule has 160 valence electrons. The van der Waals surface area contributed by atoms with Crippen molar-refractivity contribution in [1.82, 2.24) is 9.55 Å². The van der Waals surface area contributed by atoms with Crippen molar-refractivity contribution in [3.8, 4) is 11.4 Å². The molecule has 2 heterocycles. The molecule has 2 aromatic heterocycles. The van der Waals surface area contributed by atoms with E-state index < -0.39 is 18.5 Å². The number of benzene rings is 2. The number of hydrogen-bond acceptors (Lipinski definition) is 2. The first kappa shape index (κ1) is 21.4. The van der Waals surface area contributed by atoms with Gasteiger partial charge in [0.1, 0.15) is 6.73 Å². The van der Waals surface area contributed by atoms with Gasteiger partial charge in [-0.1, -0.05) is 54.1 Å². The summed E-state index contributed by atoms with van der Waals surface area (Å²) in [6.45, 7) is 0.149. The van der Waals surface area contributed by atoms with Crippen LogP contribution in [0.3, 0.4) is 0 Å². The van der Waals surface area contributed by atoms with E-state index in [2.05, 4.69) is 4.98 Å². The summed E-state index contributed by atoms with van der Waals surface area (Å²) in [5.74, 6) is -0.917. The molecule has 0 aliphatic rings.